The van der Waals surface area contributed by atoms with E-state index in [9.17, 15) is 9.59 Å². The maximum absolute atomic E-state index is 11.8. The molecule has 0 aromatic carbocycles. The molecule has 0 fully saturated rings. The highest BCUT2D eigenvalue weighted by atomic mass is 16.6. The number of hydrogen-bond acceptors (Lipinski definition) is 4. The van der Waals surface area contributed by atoms with Crippen LogP contribution in [0.25, 0.3) is 6.08 Å². The molecule has 104 valence electrons. The number of imidazole rings is 1. The fourth-order valence-corrected chi connectivity index (χ4v) is 1.43. The Bertz CT molecular complexity index is 456. The van der Waals surface area contributed by atoms with Crippen LogP contribution in [-0.2, 0) is 14.3 Å². The molecule has 1 aromatic rings. The number of carbonyl (C=O) groups is 2. The van der Waals surface area contributed by atoms with E-state index in [1.165, 1.54) is 12.4 Å². The number of allylic oxidation sites excluding steroid dienone is 1. The minimum Gasteiger partial charge on any atom is -0.460 e. The van der Waals surface area contributed by atoms with Crippen LogP contribution in [0.4, 0.5) is 0 Å². The number of aromatic amines is 1. The second kappa shape index (κ2) is 6.31. The normalized spacial score (nSPS) is 13.5. The van der Waals surface area contributed by atoms with Crippen LogP contribution in [0.2, 0.25) is 0 Å². The Balaban J connectivity index is 2.47. The van der Waals surface area contributed by atoms with Crippen LogP contribution in [0.3, 0.4) is 0 Å². The van der Waals surface area contributed by atoms with Gasteiger partial charge in [-0.05, 0) is 32.9 Å². The number of rotatable bonds is 5. The zero-order valence-corrected chi connectivity index (χ0v) is 11.8. The minimum atomic E-state index is -0.522. The summed E-state index contributed by atoms with van der Waals surface area (Å²) in [4.78, 5) is 30.1. The predicted molar refractivity (Wildman–Crippen MR) is 72.3 cm³/mol. The number of aromatic nitrogens is 2. The van der Waals surface area contributed by atoms with Gasteiger partial charge < -0.3 is 9.72 Å². The molecule has 19 heavy (non-hydrogen) atoms. The summed E-state index contributed by atoms with van der Waals surface area (Å²) in [5.74, 6) is -0.863. The molecule has 0 aliphatic heterocycles. The molecule has 5 heteroatoms. The van der Waals surface area contributed by atoms with Crippen LogP contribution < -0.4 is 0 Å². The van der Waals surface area contributed by atoms with Gasteiger partial charge in [0.15, 0.2) is 5.78 Å². The minimum absolute atomic E-state index is 0.0867. The van der Waals surface area contributed by atoms with E-state index in [0.29, 0.717) is 0 Å². The van der Waals surface area contributed by atoms with Crippen molar-refractivity contribution in [1.82, 2.24) is 9.97 Å². The molecule has 1 rings (SSSR count). The van der Waals surface area contributed by atoms with E-state index in [1.807, 2.05) is 0 Å². The van der Waals surface area contributed by atoms with Gasteiger partial charge in [-0.25, -0.2) is 4.98 Å². The second-order valence-corrected chi connectivity index (χ2v) is 5.43. The molecule has 5 nitrogen and oxygen atoms in total. The predicted octanol–water partition coefficient (Wildman–Crippen LogP) is 2.36. The molecule has 1 aromatic heterocycles. The lowest BCUT2D eigenvalue weighted by Gasteiger charge is -2.20. The lowest BCUT2D eigenvalue weighted by atomic mass is 10.0. The smallest absolute Gasteiger partial charge is 0.307 e. The average Bonchev–Trinajstić information content (AvgIpc) is 2.75. The summed E-state index contributed by atoms with van der Waals surface area (Å²) in [6.45, 7) is 7.12. The van der Waals surface area contributed by atoms with Crippen LogP contribution in [0.15, 0.2) is 18.6 Å². The van der Waals surface area contributed by atoms with Gasteiger partial charge in [-0.1, -0.05) is 6.92 Å². The first kappa shape index (κ1) is 15.1. The topological polar surface area (TPSA) is 72.1 Å². The molecule has 0 spiro atoms. The largest absolute Gasteiger partial charge is 0.460 e. The van der Waals surface area contributed by atoms with Crippen molar-refractivity contribution in [2.45, 2.75) is 39.7 Å². The molecular formula is C14H20N2O3. The van der Waals surface area contributed by atoms with Crippen LogP contribution in [0.5, 0.6) is 0 Å². The zero-order valence-electron chi connectivity index (χ0n) is 11.8. The Morgan fingerprint density at radius 3 is 2.68 bits per heavy atom. The van der Waals surface area contributed by atoms with Gasteiger partial charge in [-0.3, -0.25) is 9.59 Å². The lowest BCUT2D eigenvalue weighted by Crippen LogP contribution is -2.26. The first-order chi connectivity index (χ1) is 8.78. The summed E-state index contributed by atoms with van der Waals surface area (Å²) >= 11 is 0. The van der Waals surface area contributed by atoms with Crippen molar-refractivity contribution in [2.75, 3.05) is 0 Å². The van der Waals surface area contributed by atoms with Crippen molar-refractivity contribution in [1.29, 1.82) is 0 Å². The zero-order chi connectivity index (χ0) is 14.5. The monoisotopic (exact) mass is 264 g/mol. The van der Waals surface area contributed by atoms with Crippen molar-refractivity contribution < 1.29 is 14.3 Å². The number of nitrogens with one attached hydrogen (secondary N) is 1. The number of ketones is 1. The maximum atomic E-state index is 11.8. The van der Waals surface area contributed by atoms with Gasteiger partial charge in [0.2, 0.25) is 0 Å². The third kappa shape index (κ3) is 5.99. The number of ether oxygens (including phenoxy) is 1. The van der Waals surface area contributed by atoms with E-state index in [2.05, 4.69) is 9.97 Å². The highest BCUT2D eigenvalue weighted by molar-refractivity contribution is 5.96. The first-order valence-corrected chi connectivity index (χ1v) is 6.20. The molecule has 0 saturated carbocycles. The molecule has 0 aliphatic rings. The fraction of sp³-hybridized carbons (Fsp3) is 0.500. The average molecular weight is 264 g/mol. The van der Waals surface area contributed by atoms with Crippen molar-refractivity contribution in [2.24, 2.45) is 5.92 Å². The number of nitrogens with zero attached hydrogens (tertiary/aromatic N) is 1. The van der Waals surface area contributed by atoms with Crippen LogP contribution in [0, 0.1) is 5.92 Å². The Morgan fingerprint density at radius 1 is 1.47 bits per heavy atom. The van der Waals surface area contributed by atoms with E-state index in [-0.39, 0.29) is 18.2 Å². The number of H-pyrrole nitrogens is 1. The summed E-state index contributed by atoms with van der Waals surface area (Å²) in [5.41, 5.74) is 0.226. The summed E-state index contributed by atoms with van der Waals surface area (Å²) in [6.07, 6.45) is 6.32. The highest BCUT2D eigenvalue weighted by Gasteiger charge is 2.20. The quantitative estimate of drug-likeness (QED) is 0.654. The van der Waals surface area contributed by atoms with Gasteiger partial charge in [0, 0.05) is 5.92 Å². The van der Waals surface area contributed by atoms with E-state index in [4.69, 9.17) is 4.74 Å². The van der Waals surface area contributed by atoms with Crippen LogP contribution >= 0.6 is 0 Å². The number of hydrogen-bond donors (Lipinski definition) is 1. The molecule has 0 aliphatic carbocycles. The van der Waals surface area contributed by atoms with E-state index in [1.54, 1.807) is 40.0 Å². The SMILES string of the molecule is C[C@H](CC(=O)OC(C)(C)C)C(=O)/C=C/c1cnc[nH]1. The molecule has 1 N–H and O–H groups in total. The molecule has 0 bridgehead atoms. The van der Waals surface area contributed by atoms with E-state index >= 15 is 0 Å². The Morgan fingerprint density at radius 2 is 2.16 bits per heavy atom. The summed E-state index contributed by atoms with van der Waals surface area (Å²) in [7, 11) is 0. The number of carbonyl (C=O) groups excluding carboxylic acids is 2. The first-order valence-electron chi connectivity index (χ1n) is 6.20. The molecule has 0 unspecified atom stereocenters. The summed E-state index contributed by atoms with van der Waals surface area (Å²) in [6, 6.07) is 0. The van der Waals surface area contributed by atoms with Gasteiger partial charge >= 0.3 is 5.97 Å². The molecule has 0 saturated heterocycles. The van der Waals surface area contributed by atoms with Crippen LogP contribution in [0.1, 0.15) is 39.8 Å². The molecule has 1 heterocycles. The van der Waals surface area contributed by atoms with Crippen molar-refractivity contribution in [3.63, 3.8) is 0 Å². The third-order valence-corrected chi connectivity index (χ3v) is 2.33. The highest BCUT2D eigenvalue weighted by Crippen LogP contribution is 2.13. The van der Waals surface area contributed by atoms with Crippen LogP contribution in [-0.4, -0.2) is 27.3 Å². The summed E-state index contributed by atoms with van der Waals surface area (Å²) < 4.78 is 5.18. The maximum Gasteiger partial charge on any atom is 0.307 e. The van der Waals surface area contributed by atoms with Gasteiger partial charge in [0.1, 0.15) is 5.60 Å². The molecular weight excluding hydrogens is 244 g/mol. The fourth-order valence-electron chi connectivity index (χ4n) is 1.43. The Kier molecular flexibility index (Phi) is 5.03. The second-order valence-electron chi connectivity index (χ2n) is 5.43. The Hall–Kier alpha value is -1.91. The lowest BCUT2D eigenvalue weighted by molar-refractivity contribution is -0.156. The van der Waals surface area contributed by atoms with Gasteiger partial charge in [-0.2, -0.15) is 0 Å². The van der Waals surface area contributed by atoms with Gasteiger partial charge in [0.25, 0.3) is 0 Å². The van der Waals surface area contributed by atoms with Crippen molar-refractivity contribution >= 4 is 17.8 Å². The van der Waals surface area contributed by atoms with Gasteiger partial charge in [-0.15, -0.1) is 0 Å². The van der Waals surface area contributed by atoms with E-state index in [0.717, 1.165) is 5.69 Å². The summed E-state index contributed by atoms with van der Waals surface area (Å²) in [5, 5.41) is 0. The van der Waals surface area contributed by atoms with E-state index < -0.39 is 11.5 Å². The standard InChI is InChI=1S/C14H20N2O3/c1-10(7-13(18)19-14(2,3)4)12(17)6-5-11-8-15-9-16-11/h5-6,8-10H,7H2,1-4H3,(H,15,16)/b6-5+/t10-/m1/s1. The molecule has 1 atom stereocenters. The Labute approximate surface area is 113 Å². The molecule has 0 amide bonds. The van der Waals surface area contributed by atoms with Gasteiger partial charge in [0.05, 0.1) is 24.6 Å². The van der Waals surface area contributed by atoms with Crippen molar-refractivity contribution in [3.05, 3.63) is 24.3 Å². The molecule has 0 radical (unpaired) electrons. The number of esters is 1. The third-order valence-electron chi connectivity index (χ3n) is 2.33. The van der Waals surface area contributed by atoms with Crippen molar-refractivity contribution in [3.8, 4) is 0 Å².